The molecule has 0 spiro atoms. The Morgan fingerprint density at radius 2 is 2.00 bits per heavy atom. The zero-order chi connectivity index (χ0) is 11.0. The Balaban J connectivity index is 0.00000128. The third-order valence-electron chi connectivity index (χ3n) is 3.15. The van der Waals surface area contributed by atoms with Crippen molar-refractivity contribution in [3.8, 4) is 5.75 Å². The molecular formula is C11H16ClFN2O. The Bertz CT molecular complexity index is 382. The lowest BCUT2D eigenvalue weighted by Gasteiger charge is -2.31. The van der Waals surface area contributed by atoms with Gasteiger partial charge in [-0.15, -0.1) is 12.4 Å². The van der Waals surface area contributed by atoms with E-state index in [1.54, 1.807) is 0 Å². The number of aromatic hydroxyl groups is 1. The second kappa shape index (κ2) is 4.89. The number of rotatable bonds is 2. The van der Waals surface area contributed by atoms with Gasteiger partial charge in [-0.05, 0) is 24.8 Å². The zero-order valence-electron chi connectivity index (χ0n) is 8.82. The lowest BCUT2D eigenvalue weighted by Crippen LogP contribution is -2.27. The molecule has 1 fully saturated rings. The fraction of sp³-hybridized carbons (Fsp3) is 0.455. The van der Waals surface area contributed by atoms with Gasteiger partial charge in [-0.2, -0.15) is 0 Å². The number of nitrogen functional groups attached to an aromatic ring is 1. The maximum Gasteiger partial charge on any atom is 0.143 e. The van der Waals surface area contributed by atoms with Crippen LogP contribution in [0.4, 0.5) is 10.1 Å². The number of phenols is 1. The molecule has 1 aliphatic rings. The maximum absolute atomic E-state index is 13.1. The largest absolute Gasteiger partial charge is 0.505 e. The van der Waals surface area contributed by atoms with Gasteiger partial charge in [0.2, 0.25) is 0 Å². The van der Waals surface area contributed by atoms with Gasteiger partial charge in [-0.1, -0.05) is 6.42 Å². The Kier molecular flexibility index (Phi) is 3.99. The molecule has 2 rings (SSSR count). The van der Waals surface area contributed by atoms with Crippen LogP contribution < -0.4 is 11.5 Å². The molecule has 0 radical (unpaired) electrons. The Labute approximate surface area is 100 Å². The fourth-order valence-electron chi connectivity index (χ4n) is 1.95. The van der Waals surface area contributed by atoms with Crippen LogP contribution in [0.25, 0.3) is 0 Å². The van der Waals surface area contributed by atoms with Gasteiger partial charge >= 0.3 is 0 Å². The smallest absolute Gasteiger partial charge is 0.143 e. The quantitative estimate of drug-likeness (QED) is 0.554. The molecule has 16 heavy (non-hydrogen) atoms. The lowest BCUT2D eigenvalue weighted by molar-refractivity contribution is 0.260. The van der Waals surface area contributed by atoms with Crippen molar-refractivity contribution in [2.75, 3.05) is 5.73 Å². The molecule has 0 aliphatic heterocycles. The van der Waals surface area contributed by atoms with E-state index in [2.05, 4.69) is 0 Å². The van der Waals surface area contributed by atoms with E-state index in [-0.39, 0.29) is 29.9 Å². The van der Waals surface area contributed by atoms with Crippen LogP contribution in [0.1, 0.15) is 30.9 Å². The first-order valence-electron chi connectivity index (χ1n) is 5.13. The van der Waals surface area contributed by atoms with Crippen LogP contribution >= 0.6 is 12.4 Å². The molecule has 1 aromatic carbocycles. The summed E-state index contributed by atoms with van der Waals surface area (Å²) in [5.74, 6) is -0.178. The monoisotopic (exact) mass is 246 g/mol. The van der Waals surface area contributed by atoms with E-state index in [0.29, 0.717) is 11.5 Å². The number of phenolic OH excluding ortho intramolecular Hbond substituents is 1. The molecule has 3 nitrogen and oxygen atoms in total. The van der Waals surface area contributed by atoms with E-state index in [4.69, 9.17) is 11.5 Å². The summed E-state index contributed by atoms with van der Waals surface area (Å²) in [4.78, 5) is 0. The minimum Gasteiger partial charge on any atom is -0.505 e. The maximum atomic E-state index is 13.1. The van der Waals surface area contributed by atoms with Crippen LogP contribution in [-0.4, -0.2) is 5.11 Å². The average molecular weight is 247 g/mol. The number of hydrogen-bond acceptors (Lipinski definition) is 3. The number of halogens is 2. The molecular weight excluding hydrogens is 231 g/mol. The van der Waals surface area contributed by atoms with Crippen LogP contribution in [0.15, 0.2) is 12.1 Å². The second-order valence-corrected chi connectivity index (χ2v) is 4.15. The molecule has 0 aromatic heterocycles. The third-order valence-corrected chi connectivity index (χ3v) is 3.15. The number of anilines is 1. The molecule has 0 heterocycles. The second-order valence-electron chi connectivity index (χ2n) is 4.15. The first-order valence-corrected chi connectivity index (χ1v) is 5.13. The van der Waals surface area contributed by atoms with E-state index in [9.17, 15) is 9.50 Å². The predicted molar refractivity (Wildman–Crippen MR) is 64.0 cm³/mol. The molecule has 5 N–H and O–H groups in total. The topological polar surface area (TPSA) is 72.3 Å². The van der Waals surface area contributed by atoms with Gasteiger partial charge in [0, 0.05) is 17.7 Å². The van der Waals surface area contributed by atoms with Crippen molar-refractivity contribution in [3.05, 3.63) is 23.5 Å². The number of hydrogen-bond donors (Lipinski definition) is 3. The highest BCUT2D eigenvalue weighted by Gasteiger charge is 2.28. The van der Waals surface area contributed by atoms with Crippen LogP contribution in [0.3, 0.4) is 0 Å². The first-order chi connectivity index (χ1) is 7.09. The highest BCUT2D eigenvalue weighted by Crippen LogP contribution is 2.40. The van der Waals surface area contributed by atoms with Crippen molar-refractivity contribution < 1.29 is 9.50 Å². The summed E-state index contributed by atoms with van der Waals surface area (Å²) >= 11 is 0. The van der Waals surface area contributed by atoms with Crippen LogP contribution in [-0.2, 0) is 0 Å². The average Bonchev–Trinajstić information content (AvgIpc) is 2.08. The Morgan fingerprint density at radius 1 is 1.38 bits per heavy atom. The van der Waals surface area contributed by atoms with Crippen LogP contribution in [0, 0.1) is 11.7 Å². The van der Waals surface area contributed by atoms with Crippen molar-refractivity contribution in [3.63, 3.8) is 0 Å². The van der Waals surface area contributed by atoms with Crippen molar-refractivity contribution in [1.82, 2.24) is 0 Å². The van der Waals surface area contributed by atoms with Crippen molar-refractivity contribution >= 4 is 18.1 Å². The molecule has 0 unspecified atom stereocenters. The highest BCUT2D eigenvalue weighted by atomic mass is 35.5. The molecule has 5 heteroatoms. The molecule has 1 aliphatic carbocycles. The molecule has 0 amide bonds. The molecule has 90 valence electrons. The Morgan fingerprint density at radius 3 is 2.50 bits per heavy atom. The minimum atomic E-state index is -0.449. The van der Waals surface area contributed by atoms with Crippen LogP contribution in [0.5, 0.6) is 5.75 Å². The van der Waals surface area contributed by atoms with E-state index >= 15 is 0 Å². The van der Waals surface area contributed by atoms with Crippen molar-refractivity contribution in [2.45, 2.75) is 25.3 Å². The molecule has 0 saturated heterocycles. The molecule has 0 bridgehead atoms. The van der Waals surface area contributed by atoms with Gasteiger partial charge in [0.1, 0.15) is 11.6 Å². The van der Waals surface area contributed by atoms with E-state index in [0.717, 1.165) is 25.3 Å². The lowest BCUT2D eigenvalue weighted by atomic mass is 9.77. The molecule has 1 atom stereocenters. The summed E-state index contributed by atoms with van der Waals surface area (Å²) in [5.41, 5.74) is 11.9. The minimum absolute atomic E-state index is 0. The van der Waals surface area contributed by atoms with E-state index in [1.165, 1.54) is 6.07 Å². The highest BCUT2D eigenvalue weighted by molar-refractivity contribution is 5.85. The van der Waals surface area contributed by atoms with Crippen molar-refractivity contribution in [2.24, 2.45) is 11.7 Å². The molecule has 1 saturated carbocycles. The molecule has 1 aromatic rings. The fourth-order valence-corrected chi connectivity index (χ4v) is 1.95. The van der Waals surface area contributed by atoms with Gasteiger partial charge < -0.3 is 16.6 Å². The third kappa shape index (κ3) is 2.23. The van der Waals surface area contributed by atoms with E-state index < -0.39 is 5.82 Å². The SMILES string of the molecule is Cl.Nc1cc(F)cc([C@H](N)C2CCC2)c1O. The van der Waals surface area contributed by atoms with Gasteiger partial charge in [-0.3, -0.25) is 0 Å². The van der Waals surface area contributed by atoms with Gasteiger partial charge in [0.05, 0.1) is 5.69 Å². The summed E-state index contributed by atoms with van der Waals surface area (Å²) in [5, 5.41) is 9.69. The standard InChI is InChI=1S/C11H15FN2O.ClH/c12-7-4-8(11(15)9(13)5-7)10(14)6-2-1-3-6;/h4-6,10,15H,1-3,13-14H2;1H/t10-;/m1./s1. The number of benzene rings is 1. The predicted octanol–water partition coefficient (Wildman–Crippen LogP) is 2.34. The summed E-state index contributed by atoms with van der Waals surface area (Å²) < 4.78 is 13.1. The summed E-state index contributed by atoms with van der Waals surface area (Å²) in [7, 11) is 0. The van der Waals surface area contributed by atoms with Gasteiger partial charge in [0.25, 0.3) is 0 Å². The van der Waals surface area contributed by atoms with Gasteiger partial charge in [-0.25, -0.2) is 4.39 Å². The Hall–Kier alpha value is -1.00. The van der Waals surface area contributed by atoms with Crippen molar-refractivity contribution in [1.29, 1.82) is 0 Å². The first kappa shape index (κ1) is 13.1. The van der Waals surface area contributed by atoms with E-state index in [1.807, 2.05) is 0 Å². The number of nitrogens with two attached hydrogens (primary N) is 2. The normalized spacial score (nSPS) is 17.4. The zero-order valence-corrected chi connectivity index (χ0v) is 9.64. The summed E-state index contributed by atoms with van der Waals surface area (Å²) in [6.07, 6.45) is 3.23. The van der Waals surface area contributed by atoms with Crippen LogP contribution in [0.2, 0.25) is 0 Å². The summed E-state index contributed by atoms with van der Waals surface area (Å²) in [6.45, 7) is 0. The summed E-state index contributed by atoms with van der Waals surface area (Å²) in [6, 6.07) is 2.07. The van der Waals surface area contributed by atoms with Gasteiger partial charge in [0.15, 0.2) is 0 Å².